The second-order valence-electron chi connectivity index (χ2n) is 4.47. The van der Waals surface area contributed by atoms with Crippen molar-refractivity contribution in [2.45, 2.75) is 13.0 Å². The average molecular weight is 376 g/mol. The highest BCUT2D eigenvalue weighted by Crippen LogP contribution is 2.23. The van der Waals surface area contributed by atoms with Crippen molar-refractivity contribution in [3.8, 4) is 0 Å². The molecule has 0 aromatic heterocycles. The third kappa shape index (κ3) is 3.77. The number of thioether (sulfide) groups is 1. The minimum Gasteiger partial charge on any atom is -0.464 e. The van der Waals surface area contributed by atoms with Crippen LogP contribution in [0.25, 0.3) is 0 Å². The zero-order chi connectivity index (χ0) is 15.4. The van der Waals surface area contributed by atoms with Crippen molar-refractivity contribution in [1.82, 2.24) is 4.90 Å². The Bertz CT molecular complexity index is 555. The van der Waals surface area contributed by atoms with E-state index in [9.17, 15) is 14.0 Å². The van der Waals surface area contributed by atoms with Crippen LogP contribution in [0.1, 0.15) is 17.3 Å². The molecular formula is C14H15BrFNO3S. The van der Waals surface area contributed by atoms with Crippen LogP contribution in [0, 0.1) is 5.82 Å². The van der Waals surface area contributed by atoms with Crippen LogP contribution in [0.5, 0.6) is 0 Å². The van der Waals surface area contributed by atoms with Gasteiger partial charge in [0, 0.05) is 22.5 Å². The summed E-state index contributed by atoms with van der Waals surface area (Å²) < 4.78 is 19.5. The third-order valence-electron chi connectivity index (χ3n) is 3.11. The molecule has 114 valence electrons. The fraction of sp³-hybridized carbons (Fsp3) is 0.429. The van der Waals surface area contributed by atoms with Gasteiger partial charge in [-0.15, -0.1) is 0 Å². The highest BCUT2D eigenvalue weighted by molar-refractivity contribution is 9.10. The lowest BCUT2D eigenvalue weighted by Gasteiger charge is -2.33. The van der Waals surface area contributed by atoms with Crippen molar-refractivity contribution in [3.63, 3.8) is 0 Å². The topological polar surface area (TPSA) is 46.6 Å². The van der Waals surface area contributed by atoms with Crippen molar-refractivity contribution in [1.29, 1.82) is 0 Å². The number of esters is 1. The minimum atomic E-state index is -0.658. The molecule has 0 radical (unpaired) electrons. The summed E-state index contributed by atoms with van der Waals surface area (Å²) in [6, 6.07) is 3.53. The number of carbonyl (C=O) groups excluding carboxylic acids is 2. The Morgan fingerprint density at radius 2 is 2.29 bits per heavy atom. The first-order valence-electron chi connectivity index (χ1n) is 6.55. The summed E-state index contributed by atoms with van der Waals surface area (Å²) in [6.07, 6.45) is 0. The number of nitrogens with zero attached hydrogens (tertiary/aromatic N) is 1. The third-order valence-corrected chi connectivity index (χ3v) is 4.62. The highest BCUT2D eigenvalue weighted by atomic mass is 79.9. The molecule has 1 unspecified atom stereocenters. The molecule has 21 heavy (non-hydrogen) atoms. The number of carbonyl (C=O) groups is 2. The maximum atomic E-state index is 13.9. The molecule has 1 fully saturated rings. The summed E-state index contributed by atoms with van der Waals surface area (Å²) in [6.45, 7) is 2.38. The Hall–Kier alpha value is -1.08. The van der Waals surface area contributed by atoms with Gasteiger partial charge in [0.15, 0.2) is 0 Å². The van der Waals surface area contributed by atoms with E-state index in [1.807, 2.05) is 0 Å². The standard InChI is InChI=1S/C14H15BrFNO3S/c1-2-20-14(19)12-8-21-6-5-17(12)13(18)10-7-9(15)3-4-11(10)16/h3-4,7,12H,2,5-6,8H2,1H3. The number of ether oxygens (including phenoxy) is 1. The first-order valence-corrected chi connectivity index (χ1v) is 8.49. The molecule has 0 aliphatic carbocycles. The molecular weight excluding hydrogens is 361 g/mol. The Balaban J connectivity index is 2.26. The smallest absolute Gasteiger partial charge is 0.329 e. The zero-order valence-corrected chi connectivity index (χ0v) is 13.9. The van der Waals surface area contributed by atoms with E-state index in [1.54, 1.807) is 18.7 Å². The molecule has 4 nitrogen and oxygen atoms in total. The van der Waals surface area contributed by atoms with E-state index in [0.29, 0.717) is 16.8 Å². The maximum Gasteiger partial charge on any atom is 0.329 e. The summed E-state index contributed by atoms with van der Waals surface area (Å²) in [5.74, 6) is -0.318. The van der Waals surface area contributed by atoms with Crippen LogP contribution in [0.2, 0.25) is 0 Å². The summed E-state index contributed by atoms with van der Waals surface area (Å²) in [4.78, 5) is 25.9. The van der Waals surface area contributed by atoms with E-state index in [4.69, 9.17) is 4.74 Å². The van der Waals surface area contributed by atoms with Crippen LogP contribution in [0.15, 0.2) is 22.7 Å². The SMILES string of the molecule is CCOC(=O)C1CSCCN1C(=O)c1cc(Br)ccc1F. The van der Waals surface area contributed by atoms with E-state index in [0.717, 1.165) is 5.75 Å². The Labute approximate surface area is 135 Å². The van der Waals surface area contributed by atoms with Crippen LogP contribution < -0.4 is 0 Å². The van der Waals surface area contributed by atoms with Gasteiger partial charge in [0.1, 0.15) is 11.9 Å². The molecule has 1 aromatic rings. The lowest BCUT2D eigenvalue weighted by Crippen LogP contribution is -2.51. The van der Waals surface area contributed by atoms with Gasteiger partial charge >= 0.3 is 5.97 Å². The zero-order valence-electron chi connectivity index (χ0n) is 11.5. The van der Waals surface area contributed by atoms with Gasteiger partial charge < -0.3 is 9.64 Å². The lowest BCUT2D eigenvalue weighted by atomic mass is 10.1. The molecule has 1 aliphatic heterocycles. The summed E-state index contributed by atoms with van der Waals surface area (Å²) in [5, 5.41) is 0. The van der Waals surface area contributed by atoms with Gasteiger partial charge in [0.2, 0.25) is 0 Å². The number of hydrogen-bond acceptors (Lipinski definition) is 4. The highest BCUT2D eigenvalue weighted by Gasteiger charge is 2.34. The molecule has 1 atom stereocenters. The van der Waals surface area contributed by atoms with E-state index < -0.39 is 23.7 Å². The molecule has 1 aromatic carbocycles. The number of halogens is 2. The summed E-state index contributed by atoms with van der Waals surface area (Å²) in [7, 11) is 0. The van der Waals surface area contributed by atoms with Crippen LogP contribution in [-0.2, 0) is 9.53 Å². The van der Waals surface area contributed by atoms with E-state index >= 15 is 0 Å². The number of amides is 1. The van der Waals surface area contributed by atoms with E-state index in [-0.39, 0.29) is 12.2 Å². The van der Waals surface area contributed by atoms with Gasteiger partial charge in [-0.1, -0.05) is 15.9 Å². The molecule has 0 bridgehead atoms. The molecule has 2 rings (SSSR count). The van der Waals surface area contributed by atoms with Crippen LogP contribution >= 0.6 is 27.7 Å². The average Bonchev–Trinajstić information content (AvgIpc) is 2.49. The van der Waals surface area contributed by atoms with Crippen LogP contribution in [-0.4, -0.2) is 47.5 Å². The second kappa shape index (κ2) is 7.26. The molecule has 1 amide bonds. The van der Waals surface area contributed by atoms with Crippen LogP contribution in [0.3, 0.4) is 0 Å². The molecule has 1 heterocycles. The van der Waals surface area contributed by atoms with Crippen molar-refractivity contribution in [2.24, 2.45) is 0 Å². The predicted octanol–water partition coefficient (Wildman–Crippen LogP) is 2.71. The number of hydrogen-bond donors (Lipinski definition) is 0. The molecule has 1 saturated heterocycles. The van der Waals surface area contributed by atoms with Gasteiger partial charge in [0.05, 0.1) is 12.2 Å². The van der Waals surface area contributed by atoms with Crippen molar-refractivity contribution < 1.29 is 18.7 Å². The Morgan fingerprint density at radius 3 is 3.00 bits per heavy atom. The Morgan fingerprint density at radius 1 is 1.52 bits per heavy atom. The molecule has 1 aliphatic rings. The van der Waals surface area contributed by atoms with Gasteiger partial charge in [0.25, 0.3) is 5.91 Å². The summed E-state index contributed by atoms with van der Waals surface area (Å²) in [5.41, 5.74) is -0.0365. The van der Waals surface area contributed by atoms with Gasteiger partial charge in [-0.05, 0) is 25.1 Å². The van der Waals surface area contributed by atoms with Crippen molar-refractivity contribution >= 4 is 39.6 Å². The van der Waals surface area contributed by atoms with Gasteiger partial charge in [-0.2, -0.15) is 11.8 Å². The van der Waals surface area contributed by atoms with Crippen LogP contribution in [0.4, 0.5) is 4.39 Å². The molecule has 0 spiro atoms. The fourth-order valence-electron chi connectivity index (χ4n) is 2.10. The van der Waals surface area contributed by atoms with Gasteiger partial charge in [-0.25, -0.2) is 9.18 Å². The first kappa shape index (κ1) is 16.3. The minimum absolute atomic E-state index is 0.0365. The van der Waals surface area contributed by atoms with Gasteiger partial charge in [-0.3, -0.25) is 4.79 Å². The lowest BCUT2D eigenvalue weighted by molar-refractivity contribution is -0.147. The molecule has 0 N–H and O–H groups in total. The number of rotatable bonds is 3. The summed E-state index contributed by atoms with van der Waals surface area (Å²) >= 11 is 4.81. The molecule has 0 saturated carbocycles. The maximum absolute atomic E-state index is 13.9. The normalized spacial score (nSPS) is 18.4. The van der Waals surface area contributed by atoms with E-state index in [1.165, 1.54) is 23.1 Å². The molecule has 7 heteroatoms. The largest absolute Gasteiger partial charge is 0.464 e. The predicted molar refractivity (Wildman–Crippen MR) is 82.9 cm³/mol. The monoisotopic (exact) mass is 375 g/mol. The Kier molecular flexibility index (Phi) is 5.64. The number of benzene rings is 1. The fourth-order valence-corrected chi connectivity index (χ4v) is 3.49. The van der Waals surface area contributed by atoms with Crippen molar-refractivity contribution in [2.75, 3.05) is 24.7 Å². The quantitative estimate of drug-likeness (QED) is 0.762. The van der Waals surface area contributed by atoms with Crippen molar-refractivity contribution in [3.05, 3.63) is 34.1 Å². The first-order chi connectivity index (χ1) is 10.0. The van der Waals surface area contributed by atoms with E-state index in [2.05, 4.69) is 15.9 Å². The second-order valence-corrected chi connectivity index (χ2v) is 6.53.